The summed E-state index contributed by atoms with van der Waals surface area (Å²) in [5.74, 6) is -0.386. The third-order valence-corrected chi connectivity index (χ3v) is 6.27. The molecule has 0 bridgehead atoms. The molecule has 2 fully saturated rings. The van der Waals surface area contributed by atoms with Crippen molar-refractivity contribution in [3.8, 4) is 0 Å². The molecule has 8 heteroatoms. The van der Waals surface area contributed by atoms with E-state index in [1.54, 1.807) is 10.7 Å². The summed E-state index contributed by atoms with van der Waals surface area (Å²) in [6.07, 6.45) is 7.03. The van der Waals surface area contributed by atoms with Gasteiger partial charge in [0.15, 0.2) is 0 Å². The molecule has 2 aliphatic rings. The van der Waals surface area contributed by atoms with Gasteiger partial charge in [-0.3, -0.25) is 9.59 Å². The molecule has 2 aromatic heterocycles. The van der Waals surface area contributed by atoms with Crippen molar-refractivity contribution in [1.29, 1.82) is 0 Å². The summed E-state index contributed by atoms with van der Waals surface area (Å²) in [5, 5.41) is 15.2. The first kappa shape index (κ1) is 19.7. The van der Waals surface area contributed by atoms with Gasteiger partial charge in [0, 0.05) is 17.5 Å². The number of rotatable bonds is 6. The van der Waals surface area contributed by atoms with Gasteiger partial charge in [0.05, 0.1) is 17.8 Å². The standard InChI is InChI=1S/C23H26N6O2/c1-2-14-5-3-6-15-9-12-19(25-21(14)15)22(30)26-17-7-4-8-18(17)27-23(31)20-13-24-28-29(20)16-10-11-16/h3,5-6,9,12-13,16-18H,2,4,7-8,10-11H2,1H3,(H,26,30)(H,27,31)/t17-,18-/m1/s1. The zero-order chi connectivity index (χ0) is 21.4. The van der Waals surface area contributed by atoms with Crippen LogP contribution in [0.3, 0.4) is 0 Å². The van der Waals surface area contributed by atoms with Gasteiger partial charge in [-0.1, -0.05) is 36.4 Å². The number of carbonyl (C=O) groups is 2. The molecule has 2 N–H and O–H groups in total. The first-order valence-corrected chi connectivity index (χ1v) is 11.0. The minimum atomic E-state index is -0.205. The van der Waals surface area contributed by atoms with Crippen LogP contribution in [0.4, 0.5) is 0 Å². The van der Waals surface area contributed by atoms with Crippen molar-refractivity contribution < 1.29 is 9.59 Å². The molecule has 31 heavy (non-hydrogen) atoms. The number of para-hydroxylation sites is 1. The summed E-state index contributed by atoms with van der Waals surface area (Å²) in [6, 6.07) is 9.81. The number of pyridine rings is 1. The lowest BCUT2D eigenvalue weighted by molar-refractivity contribution is 0.0883. The largest absolute Gasteiger partial charge is 0.346 e. The second kappa shape index (κ2) is 8.09. The number of nitrogens with zero attached hydrogens (tertiary/aromatic N) is 4. The van der Waals surface area contributed by atoms with Crippen LogP contribution in [0.2, 0.25) is 0 Å². The Kier molecular flexibility index (Phi) is 5.13. The number of benzene rings is 1. The van der Waals surface area contributed by atoms with Gasteiger partial charge in [0.2, 0.25) is 0 Å². The van der Waals surface area contributed by atoms with Gasteiger partial charge in [-0.2, -0.15) is 0 Å². The highest BCUT2D eigenvalue weighted by Gasteiger charge is 2.33. The number of fused-ring (bicyclic) bond motifs is 1. The van der Waals surface area contributed by atoms with Crippen molar-refractivity contribution in [2.45, 2.75) is 63.6 Å². The van der Waals surface area contributed by atoms with E-state index in [2.05, 4.69) is 32.9 Å². The maximum atomic E-state index is 12.9. The summed E-state index contributed by atoms with van der Waals surface area (Å²) in [6.45, 7) is 2.08. The highest BCUT2D eigenvalue weighted by Crippen LogP contribution is 2.34. The van der Waals surface area contributed by atoms with Crippen LogP contribution in [0.15, 0.2) is 36.5 Å². The van der Waals surface area contributed by atoms with E-state index in [0.717, 1.165) is 55.0 Å². The molecule has 5 rings (SSSR count). The topological polar surface area (TPSA) is 102 Å². The van der Waals surface area contributed by atoms with Gasteiger partial charge in [0.25, 0.3) is 11.8 Å². The Labute approximate surface area is 180 Å². The van der Waals surface area contributed by atoms with Crippen molar-refractivity contribution in [2.75, 3.05) is 0 Å². The summed E-state index contributed by atoms with van der Waals surface area (Å²) < 4.78 is 1.71. The predicted molar refractivity (Wildman–Crippen MR) is 116 cm³/mol. The number of hydrogen-bond donors (Lipinski definition) is 2. The average molecular weight is 419 g/mol. The molecule has 160 valence electrons. The first-order valence-electron chi connectivity index (χ1n) is 11.0. The molecule has 0 radical (unpaired) electrons. The molecule has 3 aromatic rings. The fourth-order valence-electron chi connectivity index (χ4n) is 4.41. The molecule has 0 aliphatic heterocycles. The Balaban J connectivity index is 1.29. The lowest BCUT2D eigenvalue weighted by Crippen LogP contribution is -2.49. The molecule has 1 aromatic carbocycles. The van der Waals surface area contributed by atoms with Crippen LogP contribution in [-0.2, 0) is 6.42 Å². The Hall–Kier alpha value is -3.29. The quantitative estimate of drug-likeness (QED) is 0.641. The van der Waals surface area contributed by atoms with E-state index in [4.69, 9.17) is 0 Å². The van der Waals surface area contributed by atoms with Crippen LogP contribution in [0.25, 0.3) is 10.9 Å². The van der Waals surface area contributed by atoms with E-state index in [1.807, 2.05) is 24.3 Å². The highest BCUT2D eigenvalue weighted by atomic mass is 16.2. The molecule has 8 nitrogen and oxygen atoms in total. The molecular formula is C23H26N6O2. The summed E-state index contributed by atoms with van der Waals surface area (Å²) >= 11 is 0. The monoisotopic (exact) mass is 418 g/mol. The molecule has 2 saturated carbocycles. The molecule has 0 unspecified atom stereocenters. The fraction of sp³-hybridized carbons (Fsp3) is 0.435. The van der Waals surface area contributed by atoms with E-state index in [9.17, 15) is 9.59 Å². The van der Waals surface area contributed by atoms with Gasteiger partial charge in [0.1, 0.15) is 11.4 Å². The minimum Gasteiger partial charge on any atom is -0.346 e. The van der Waals surface area contributed by atoms with Crippen LogP contribution < -0.4 is 10.6 Å². The molecule has 2 heterocycles. The van der Waals surface area contributed by atoms with E-state index < -0.39 is 0 Å². The minimum absolute atomic E-state index is 0.120. The number of carbonyl (C=O) groups excluding carboxylic acids is 2. The number of aromatic nitrogens is 4. The van der Waals surface area contributed by atoms with Crippen molar-refractivity contribution in [3.05, 3.63) is 53.5 Å². The maximum Gasteiger partial charge on any atom is 0.271 e. The smallest absolute Gasteiger partial charge is 0.271 e. The second-order valence-electron chi connectivity index (χ2n) is 8.42. The van der Waals surface area contributed by atoms with Crippen LogP contribution in [0, 0.1) is 0 Å². The van der Waals surface area contributed by atoms with Crippen molar-refractivity contribution in [3.63, 3.8) is 0 Å². The molecule has 2 amide bonds. The third kappa shape index (κ3) is 3.89. The third-order valence-electron chi connectivity index (χ3n) is 6.27. The summed E-state index contributed by atoms with van der Waals surface area (Å²) in [7, 11) is 0. The Morgan fingerprint density at radius 2 is 1.81 bits per heavy atom. The zero-order valence-electron chi connectivity index (χ0n) is 17.5. The van der Waals surface area contributed by atoms with Crippen molar-refractivity contribution >= 4 is 22.7 Å². The van der Waals surface area contributed by atoms with Crippen LogP contribution in [0.5, 0.6) is 0 Å². The predicted octanol–water partition coefficient (Wildman–Crippen LogP) is 2.80. The normalized spacial score (nSPS) is 20.7. The molecule has 2 atom stereocenters. The lowest BCUT2D eigenvalue weighted by Gasteiger charge is -2.22. The van der Waals surface area contributed by atoms with E-state index >= 15 is 0 Å². The van der Waals surface area contributed by atoms with Crippen molar-refractivity contribution in [1.82, 2.24) is 30.6 Å². The average Bonchev–Trinajstić information content (AvgIpc) is 3.35. The molecule has 0 spiro atoms. The Morgan fingerprint density at radius 3 is 2.55 bits per heavy atom. The van der Waals surface area contributed by atoms with Crippen molar-refractivity contribution in [2.24, 2.45) is 0 Å². The number of hydrogen-bond acceptors (Lipinski definition) is 5. The van der Waals surface area contributed by atoms with E-state index in [-0.39, 0.29) is 29.9 Å². The van der Waals surface area contributed by atoms with Gasteiger partial charge >= 0.3 is 0 Å². The maximum absolute atomic E-state index is 12.9. The van der Waals surface area contributed by atoms with Crippen LogP contribution >= 0.6 is 0 Å². The lowest BCUT2D eigenvalue weighted by atomic mass is 10.1. The molecule has 2 aliphatic carbocycles. The Bertz CT molecular complexity index is 1140. The zero-order valence-corrected chi connectivity index (χ0v) is 17.5. The number of nitrogens with one attached hydrogen (secondary N) is 2. The fourth-order valence-corrected chi connectivity index (χ4v) is 4.41. The number of amides is 2. The van der Waals surface area contributed by atoms with Gasteiger partial charge in [-0.25, -0.2) is 9.67 Å². The summed E-state index contributed by atoms with van der Waals surface area (Å²) in [5.41, 5.74) is 2.89. The molecule has 0 saturated heterocycles. The molecular weight excluding hydrogens is 392 g/mol. The highest BCUT2D eigenvalue weighted by molar-refractivity contribution is 5.96. The van der Waals surface area contributed by atoms with Gasteiger partial charge in [-0.15, -0.1) is 5.10 Å². The van der Waals surface area contributed by atoms with Gasteiger partial charge < -0.3 is 10.6 Å². The number of aryl methyl sites for hydroxylation is 1. The Morgan fingerprint density at radius 1 is 1.03 bits per heavy atom. The first-order chi connectivity index (χ1) is 15.1. The SMILES string of the molecule is CCc1cccc2ccc(C(=O)N[C@@H]3CCC[C@H]3NC(=O)c3cnnn3C3CC3)nc12. The summed E-state index contributed by atoms with van der Waals surface area (Å²) in [4.78, 5) is 30.4. The second-order valence-corrected chi connectivity index (χ2v) is 8.42. The van der Waals surface area contributed by atoms with Crippen LogP contribution in [0.1, 0.15) is 71.6 Å². The van der Waals surface area contributed by atoms with Crippen LogP contribution in [-0.4, -0.2) is 43.9 Å². The van der Waals surface area contributed by atoms with E-state index in [1.165, 1.54) is 6.20 Å². The van der Waals surface area contributed by atoms with E-state index in [0.29, 0.717) is 11.4 Å². The van der Waals surface area contributed by atoms with Gasteiger partial charge in [-0.05, 0) is 50.2 Å².